The molecule has 2 aliphatic rings. The van der Waals surface area contributed by atoms with Gasteiger partial charge in [0.2, 0.25) is 23.5 Å². The summed E-state index contributed by atoms with van der Waals surface area (Å²) in [5, 5.41) is 8.28. The number of para-hydroxylation sites is 1. The first kappa shape index (κ1) is 20.7. The van der Waals surface area contributed by atoms with Gasteiger partial charge in [-0.15, -0.1) is 0 Å². The van der Waals surface area contributed by atoms with Gasteiger partial charge in [-0.25, -0.2) is 0 Å². The monoisotopic (exact) mass is 437 g/mol. The second-order valence-corrected chi connectivity index (χ2v) is 8.88. The Bertz CT molecular complexity index is 1100. The first-order chi connectivity index (χ1) is 15.6. The molecule has 3 heterocycles. The molecule has 0 bridgehead atoms. The Morgan fingerprint density at radius 3 is 2.69 bits per heavy atom. The summed E-state index contributed by atoms with van der Waals surface area (Å²) in [5.74, 6) is 3.68. The number of ether oxygens (including phenoxy) is 1. The molecule has 1 aliphatic heterocycles. The maximum atomic E-state index is 12.8. The summed E-state index contributed by atoms with van der Waals surface area (Å²) in [7, 11) is 1.60. The van der Waals surface area contributed by atoms with E-state index in [1.54, 1.807) is 7.11 Å². The van der Waals surface area contributed by atoms with Gasteiger partial charge in [0, 0.05) is 37.3 Å². The Morgan fingerprint density at radius 1 is 1.16 bits per heavy atom. The second kappa shape index (κ2) is 8.37. The van der Waals surface area contributed by atoms with Crippen molar-refractivity contribution >= 4 is 5.91 Å². The third-order valence-corrected chi connectivity index (χ3v) is 6.50. The summed E-state index contributed by atoms with van der Waals surface area (Å²) in [6, 6.07) is 7.50. The molecule has 0 unspecified atom stereocenters. The minimum atomic E-state index is -0.149. The highest BCUT2D eigenvalue weighted by molar-refractivity contribution is 5.76. The van der Waals surface area contributed by atoms with Gasteiger partial charge in [0.25, 0.3) is 0 Å². The van der Waals surface area contributed by atoms with Gasteiger partial charge in [0.1, 0.15) is 5.75 Å². The molecular weight excluding hydrogens is 410 g/mol. The number of carbonyl (C=O) groups is 1. The van der Waals surface area contributed by atoms with E-state index in [1.165, 1.54) is 0 Å². The van der Waals surface area contributed by atoms with E-state index in [0.29, 0.717) is 49.3 Å². The average Bonchev–Trinajstić information content (AvgIpc) is 3.34. The molecule has 0 N–H and O–H groups in total. The molecule has 32 heavy (non-hydrogen) atoms. The number of hydrogen-bond donors (Lipinski definition) is 0. The Hall–Kier alpha value is -3.23. The Kier molecular flexibility index (Phi) is 5.40. The zero-order chi connectivity index (χ0) is 22.1. The number of carbonyl (C=O) groups excluding carboxylic acids is 1. The van der Waals surface area contributed by atoms with E-state index in [4.69, 9.17) is 13.8 Å². The van der Waals surface area contributed by atoms with Crippen LogP contribution in [0, 0.1) is 0 Å². The number of piperidine rings is 1. The Morgan fingerprint density at radius 2 is 1.94 bits per heavy atom. The van der Waals surface area contributed by atoms with Crippen molar-refractivity contribution in [1.29, 1.82) is 0 Å². The van der Waals surface area contributed by atoms with Crippen LogP contribution in [0.15, 0.2) is 33.3 Å². The standard InChI is InChI=1S/C23H27N5O4/c1-23(22-25-21(32-27-22)15-7-8-15)11-13-28(14-12-23)19(29)10-9-18-24-20(26-31-18)16-5-3-4-6-17(16)30-2/h3-6,15H,7-14H2,1-2H3. The predicted molar refractivity (Wildman–Crippen MR) is 114 cm³/mol. The van der Waals surface area contributed by atoms with Crippen molar-refractivity contribution in [3.05, 3.63) is 41.9 Å². The summed E-state index contributed by atoms with van der Waals surface area (Å²) < 4.78 is 16.2. The zero-order valence-electron chi connectivity index (χ0n) is 18.4. The smallest absolute Gasteiger partial charge is 0.229 e. The first-order valence-corrected chi connectivity index (χ1v) is 11.1. The molecule has 2 fully saturated rings. The third kappa shape index (κ3) is 4.11. The number of likely N-dealkylation sites (tertiary alicyclic amines) is 1. The van der Waals surface area contributed by atoms with Crippen molar-refractivity contribution < 1.29 is 18.6 Å². The van der Waals surface area contributed by atoms with Crippen molar-refractivity contribution in [3.8, 4) is 17.1 Å². The fourth-order valence-electron chi connectivity index (χ4n) is 4.12. The number of methoxy groups -OCH3 is 1. The summed E-state index contributed by atoms with van der Waals surface area (Å²) in [6.45, 7) is 3.52. The van der Waals surface area contributed by atoms with Gasteiger partial charge in [-0.05, 0) is 37.8 Å². The number of aryl methyl sites for hydroxylation is 1. The second-order valence-electron chi connectivity index (χ2n) is 8.88. The van der Waals surface area contributed by atoms with E-state index in [2.05, 4.69) is 27.2 Å². The molecule has 1 aromatic carbocycles. The number of benzene rings is 1. The van der Waals surface area contributed by atoms with Crippen LogP contribution in [-0.2, 0) is 16.6 Å². The Balaban J connectivity index is 1.15. The summed E-state index contributed by atoms with van der Waals surface area (Å²) >= 11 is 0. The molecule has 5 rings (SSSR count). The highest BCUT2D eigenvalue weighted by Crippen LogP contribution is 2.41. The van der Waals surface area contributed by atoms with Gasteiger partial charge in [-0.2, -0.15) is 9.97 Å². The molecule has 1 aliphatic carbocycles. The van der Waals surface area contributed by atoms with Gasteiger partial charge in [-0.3, -0.25) is 4.79 Å². The van der Waals surface area contributed by atoms with Gasteiger partial charge < -0.3 is 18.7 Å². The van der Waals surface area contributed by atoms with Crippen molar-refractivity contribution in [1.82, 2.24) is 25.2 Å². The normalized spacial score (nSPS) is 18.0. The van der Waals surface area contributed by atoms with E-state index in [0.717, 1.165) is 43.0 Å². The summed E-state index contributed by atoms with van der Waals surface area (Å²) in [5.41, 5.74) is 0.613. The maximum Gasteiger partial charge on any atom is 0.229 e. The maximum absolute atomic E-state index is 12.8. The van der Waals surface area contributed by atoms with E-state index >= 15 is 0 Å². The lowest BCUT2D eigenvalue weighted by atomic mass is 9.79. The topological polar surface area (TPSA) is 107 Å². The molecule has 2 aromatic heterocycles. The predicted octanol–water partition coefficient (Wildman–Crippen LogP) is 3.52. The van der Waals surface area contributed by atoms with E-state index in [9.17, 15) is 4.79 Å². The van der Waals surface area contributed by atoms with Gasteiger partial charge in [0.15, 0.2) is 5.82 Å². The van der Waals surface area contributed by atoms with Crippen LogP contribution in [-0.4, -0.2) is 51.3 Å². The average molecular weight is 438 g/mol. The molecule has 1 saturated carbocycles. The summed E-state index contributed by atoms with van der Waals surface area (Å²) in [4.78, 5) is 23.7. The SMILES string of the molecule is COc1ccccc1-c1noc(CCC(=O)N2CCC(C)(c3noc(C4CC4)n3)CC2)n1. The molecule has 0 spiro atoms. The van der Waals surface area contributed by atoms with Crippen molar-refractivity contribution in [3.63, 3.8) is 0 Å². The molecular formula is C23H27N5O4. The lowest BCUT2D eigenvalue weighted by Gasteiger charge is -2.37. The van der Waals surface area contributed by atoms with Crippen molar-refractivity contribution in [2.24, 2.45) is 0 Å². The van der Waals surface area contributed by atoms with E-state index in [-0.39, 0.29) is 11.3 Å². The highest BCUT2D eigenvalue weighted by Gasteiger charge is 2.39. The lowest BCUT2D eigenvalue weighted by Crippen LogP contribution is -2.44. The van der Waals surface area contributed by atoms with Crippen LogP contribution in [0.25, 0.3) is 11.4 Å². The largest absolute Gasteiger partial charge is 0.496 e. The number of nitrogens with zero attached hydrogens (tertiary/aromatic N) is 5. The van der Waals surface area contributed by atoms with Crippen LogP contribution in [0.2, 0.25) is 0 Å². The van der Waals surface area contributed by atoms with Gasteiger partial charge in [-0.1, -0.05) is 29.4 Å². The minimum Gasteiger partial charge on any atom is -0.496 e. The van der Waals surface area contributed by atoms with Crippen molar-refractivity contribution in [2.75, 3.05) is 20.2 Å². The highest BCUT2D eigenvalue weighted by atomic mass is 16.5. The third-order valence-electron chi connectivity index (χ3n) is 6.50. The molecule has 9 heteroatoms. The number of hydrogen-bond acceptors (Lipinski definition) is 8. The minimum absolute atomic E-state index is 0.0934. The molecule has 1 amide bonds. The van der Waals surface area contributed by atoms with Crippen LogP contribution in [0.5, 0.6) is 5.75 Å². The van der Waals surface area contributed by atoms with Crippen LogP contribution >= 0.6 is 0 Å². The first-order valence-electron chi connectivity index (χ1n) is 11.1. The van der Waals surface area contributed by atoms with Gasteiger partial charge >= 0.3 is 0 Å². The van der Waals surface area contributed by atoms with Gasteiger partial charge in [0.05, 0.1) is 12.7 Å². The van der Waals surface area contributed by atoms with Crippen LogP contribution in [0.3, 0.4) is 0 Å². The molecule has 0 atom stereocenters. The number of rotatable bonds is 7. The molecule has 1 saturated heterocycles. The zero-order valence-corrected chi connectivity index (χ0v) is 18.4. The van der Waals surface area contributed by atoms with E-state index in [1.807, 2.05) is 29.2 Å². The van der Waals surface area contributed by atoms with Crippen molar-refractivity contribution in [2.45, 2.75) is 56.8 Å². The molecule has 9 nitrogen and oxygen atoms in total. The van der Waals surface area contributed by atoms with Crippen LogP contribution < -0.4 is 4.74 Å². The Labute approximate surface area is 186 Å². The van der Waals surface area contributed by atoms with Crippen LogP contribution in [0.1, 0.15) is 62.6 Å². The fourth-order valence-corrected chi connectivity index (χ4v) is 4.12. The van der Waals surface area contributed by atoms with Crippen LogP contribution in [0.4, 0.5) is 0 Å². The quantitative estimate of drug-likeness (QED) is 0.553. The fraction of sp³-hybridized carbons (Fsp3) is 0.522. The van der Waals surface area contributed by atoms with E-state index < -0.39 is 0 Å². The number of aromatic nitrogens is 4. The molecule has 3 aromatic rings. The molecule has 0 radical (unpaired) electrons. The molecule has 168 valence electrons. The number of amides is 1. The lowest BCUT2D eigenvalue weighted by molar-refractivity contribution is -0.132. The summed E-state index contributed by atoms with van der Waals surface area (Å²) in [6.07, 6.45) is 4.66.